The minimum Gasteiger partial charge on any atom is -0.278 e. The van der Waals surface area contributed by atoms with Crippen molar-refractivity contribution in [2.75, 3.05) is 6.26 Å². The van der Waals surface area contributed by atoms with Gasteiger partial charge in [-0.05, 0) is 6.26 Å². The molecular weight excluding hydrogens is 325 g/mol. The van der Waals surface area contributed by atoms with Crippen molar-refractivity contribution in [3.05, 3.63) is 23.7 Å². The molecule has 2 aromatic heterocycles. The van der Waals surface area contributed by atoms with Gasteiger partial charge < -0.3 is 0 Å². The Balaban J connectivity index is 2.70. The third kappa shape index (κ3) is 2.78. The summed E-state index contributed by atoms with van der Waals surface area (Å²) in [5, 5.41) is 0.0272. The average Bonchev–Trinajstić information content (AvgIpc) is 2.79. The Hall–Kier alpha value is -1.38. The number of nitrogens with zero attached hydrogens (tertiary/aromatic N) is 3. The van der Waals surface area contributed by atoms with Crippen LogP contribution in [0.3, 0.4) is 0 Å². The summed E-state index contributed by atoms with van der Waals surface area (Å²) in [5.74, 6) is -5.02. The fourth-order valence-corrected chi connectivity index (χ4v) is 2.31. The molecule has 122 valence electrons. The molecule has 0 amide bonds. The lowest BCUT2D eigenvalue weighted by atomic mass is 9.93. The van der Waals surface area contributed by atoms with E-state index in [0.717, 1.165) is 11.8 Å². The van der Waals surface area contributed by atoms with Crippen molar-refractivity contribution in [1.29, 1.82) is 0 Å². The largest absolute Gasteiger partial charge is 0.459 e. The monoisotopic (exact) mass is 339 g/mol. The fraction of sp³-hybridized carbons (Fsp3) is 0.538. The second kappa shape index (κ2) is 5.07. The van der Waals surface area contributed by atoms with Gasteiger partial charge in [0.2, 0.25) is 0 Å². The number of hydrogen-bond acceptors (Lipinski definition) is 3. The molecule has 2 aromatic rings. The Morgan fingerprint density at radius 1 is 1.00 bits per heavy atom. The highest BCUT2D eigenvalue weighted by Gasteiger charge is 2.60. The summed E-state index contributed by atoms with van der Waals surface area (Å²) in [5.41, 5.74) is -1.11. The van der Waals surface area contributed by atoms with Crippen LogP contribution in [-0.4, -0.2) is 26.8 Å². The van der Waals surface area contributed by atoms with Gasteiger partial charge in [-0.15, -0.1) is 0 Å². The van der Waals surface area contributed by atoms with Gasteiger partial charge in [0.05, 0.1) is 5.69 Å². The van der Waals surface area contributed by atoms with Gasteiger partial charge >= 0.3 is 12.1 Å². The number of rotatable bonds is 2. The highest BCUT2D eigenvalue weighted by molar-refractivity contribution is 7.98. The van der Waals surface area contributed by atoms with Crippen LogP contribution in [0.2, 0.25) is 0 Å². The Morgan fingerprint density at radius 3 is 2.05 bits per heavy atom. The van der Waals surface area contributed by atoms with Gasteiger partial charge in [0.1, 0.15) is 11.3 Å². The van der Waals surface area contributed by atoms with E-state index >= 15 is 0 Å². The summed E-state index contributed by atoms with van der Waals surface area (Å²) >= 11 is 0.974. The molecule has 0 aromatic carbocycles. The van der Waals surface area contributed by atoms with Crippen LogP contribution in [-0.2, 0) is 11.3 Å². The van der Waals surface area contributed by atoms with Gasteiger partial charge in [0, 0.05) is 17.7 Å². The SMILES string of the molecule is CSc1nc(C(F)(F)C(F)(F)F)cc2nc(C(C)(C)C)cn12. The first-order valence-electron chi connectivity index (χ1n) is 6.27. The molecule has 0 bridgehead atoms. The van der Waals surface area contributed by atoms with Crippen molar-refractivity contribution in [2.24, 2.45) is 0 Å². The normalized spacial score (nSPS) is 13.9. The minimum absolute atomic E-state index is 0.0169. The van der Waals surface area contributed by atoms with Crippen LogP contribution in [0.15, 0.2) is 17.4 Å². The van der Waals surface area contributed by atoms with E-state index < -0.39 is 17.8 Å². The summed E-state index contributed by atoms with van der Waals surface area (Å²) in [4.78, 5) is 7.63. The summed E-state index contributed by atoms with van der Waals surface area (Å²) in [6, 6.07) is 0.683. The van der Waals surface area contributed by atoms with E-state index in [1.54, 1.807) is 12.5 Å². The second-order valence-electron chi connectivity index (χ2n) is 5.80. The minimum atomic E-state index is -5.70. The summed E-state index contributed by atoms with van der Waals surface area (Å²) in [7, 11) is 0. The average molecular weight is 339 g/mol. The van der Waals surface area contributed by atoms with Crippen molar-refractivity contribution in [3.8, 4) is 0 Å². The Bertz CT molecular complexity index is 700. The topological polar surface area (TPSA) is 30.2 Å². The van der Waals surface area contributed by atoms with E-state index in [1.807, 2.05) is 20.8 Å². The Morgan fingerprint density at radius 2 is 1.59 bits per heavy atom. The lowest BCUT2D eigenvalue weighted by Gasteiger charge is -2.19. The van der Waals surface area contributed by atoms with E-state index in [0.29, 0.717) is 11.8 Å². The number of imidazole rings is 1. The zero-order valence-corrected chi connectivity index (χ0v) is 13.1. The van der Waals surface area contributed by atoms with Crippen molar-refractivity contribution in [3.63, 3.8) is 0 Å². The third-order valence-electron chi connectivity index (χ3n) is 3.05. The smallest absolute Gasteiger partial charge is 0.278 e. The number of fused-ring (bicyclic) bond motifs is 1. The molecule has 0 spiro atoms. The van der Waals surface area contributed by atoms with Crippen LogP contribution in [0.25, 0.3) is 5.65 Å². The zero-order valence-electron chi connectivity index (χ0n) is 12.3. The van der Waals surface area contributed by atoms with Crippen LogP contribution in [0, 0.1) is 0 Å². The standard InChI is InChI=1S/C13H14F5N3S/c1-11(2,3)8-6-21-9(19-8)5-7(20-10(21)22-4)12(14,15)13(16,17)18/h5-6H,1-4H3. The first-order valence-corrected chi connectivity index (χ1v) is 7.50. The van der Waals surface area contributed by atoms with Crippen LogP contribution in [0.5, 0.6) is 0 Å². The van der Waals surface area contributed by atoms with Crippen molar-refractivity contribution in [2.45, 2.75) is 43.4 Å². The predicted octanol–water partition coefficient (Wildman–Crippen LogP) is 4.40. The van der Waals surface area contributed by atoms with Gasteiger partial charge in [0.15, 0.2) is 5.16 Å². The summed E-state index contributed by atoms with van der Waals surface area (Å²) < 4.78 is 66.0. The number of halogens is 5. The maximum absolute atomic E-state index is 13.5. The number of hydrogen-bond donors (Lipinski definition) is 0. The molecule has 2 rings (SSSR count). The number of alkyl halides is 5. The number of aromatic nitrogens is 3. The van der Waals surface area contributed by atoms with Crippen molar-refractivity contribution < 1.29 is 22.0 Å². The molecule has 0 aliphatic carbocycles. The number of thioether (sulfide) groups is 1. The lowest BCUT2D eigenvalue weighted by molar-refractivity contribution is -0.291. The molecular formula is C13H14F5N3S. The zero-order chi connectivity index (χ0) is 16.9. The second-order valence-corrected chi connectivity index (χ2v) is 6.58. The first kappa shape index (κ1) is 17.0. The van der Waals surface area contributed by atoms with Gasteiger partial charge in [-0.3, -0.25) is 4.40 Å². The van der Waals surface area contributed by atoms with E-state index in [-0.39, 0.29) is 16.2 Å². The van der Waals surface area contributed by atoms with Crippen LogP contribution >= 0.6 is 11.8 Å². The lowest BCUT2D eigenvalue weighted by Crippen LogP contribution is -2.34. The molecule has 9 heteroatoms. The third-order valence-corrected chi connectivity index (χ3v) is 3.70. The highest BCUT2D eigenvalue weighted by Crippen LogP contribution is 2.43. The molecule has 0 fully saturated rings. The molecule has 0 aliphatic rings. The quantitative estimate of drug-likeness (QED) is 0.461. The first-order chi connectivity index (χ1) is 9.88. The van der Waals surface area contributed by atoms with E-state index in [9.17, 15) is 22.0 Å². The maximum Gasteiger partial charge on any atom is 0.459 e. The van der Waals surface area contributed by atoms with Gasteiger partial charge in [-0.25, -0.2) is 9.97 Å². The van der Waals surface area contributed by atoms with Crippen molar-refractivity contribution in [1.82, 2.24) is 14.4 Å². The van der Waals surface area contributed by atoms with E-state index in [1.165, 1.54) is 4.40 Å². The molecule has 0 radical (unpaired) electrons. The molecule has 0 N–H and O–H groups in total. The molecule has 0 saturated carbocycles. The van der Waals surface area contributed by atoms with Gasteiger partial charge in [-0.2, -0.15) is 22.0 Å². The molecule has 0 unspecified atom stereocenters. The van der Waals surface area contributed by atoms with Crippen LogP contribution in [0.4, 0.5) is 22.0 Å². The van der Waals surface area contributed by atoms with Crippen LogP contribution in [0.1, 0.15) is 32.2 Å². The molecule has 0 aliphatic heterocycles. The molecule has 0 saturated heterocycles. The van der Waals surface area contributed by atoms with E-state index in [2.05, 4.69) is 9.97 Å². The van der Waals surface area contributed by atoms with Gasteiger partial charge in [0.25, 0.3) is 0 Å². The fourth-order valence-electron chi connectivity index (χ4n) is 1.77. The van der Waals surface area contributed by atoms with Crippen molar-refractivity contribution >= 4 is 17.4 Å². The molecule has 2 heterocycles. The molecule has 3 nitrogen and oxygen atoms in total. The molecule has 22 heavy (non-hydrogen) atoms. The summed E-state index contributed by atoms with van der Waals surface area (Å²) in [6.07, 6.45) is -2.55. The Labute approximate surface area is 127 Å². The summed E-state index contributed by atoms with van der Waals surface area (Å²) in [6.45, 7) is 5.60. The van der Waals surface area contributed by atoms with Crippen LogP contribution < -0.4 is 0 Å². The predicted molar refractivity (Wildman–Crippen MR) is 73.4 cm³/mol. The van der Waals surface area contributed by atoms with Gasteiger partial charge in [-0.1, -0.05) is 32.5 Å². The van der Waals surface area contributed by atoms with E-state index in [4.69, 9.17) is 0 Å². The Kier molecular flexibility index (Phi) is 3.92. The molecule has 0 atom stereocenters. The highest BCUT2D eigenvalue weighted by atomic mass is 32.2. The maximum atomic E-state index is 13.5.